The minimum Gasteiger partial charge on any atom is -0.493 e. The molecule has 148 valence electrons. The molecule has 0 amide bonds. The number of ether oxygens (including phenoxy) is 2. The zero-order valence-corrected chi connectivity index (χ0v) is 16.8. The van der Waals surface area contributed by atoms with Crippen molar-refractivity contribution in [1.82, 2.24) is 4.90 Å². The lowest BCUT2D eigenvalue weighted by molar-refractivity contribution is -0.160. The SMILES string of the molecule is COc1ccc2c(c1Oc1ccccc1)[C@@]13CCCC[C@@]1(O)C(C2)N(C)CC3. The van der Waals surface area contributed by atoms with E-state index in [-0.39, 0.29) is 11.5 Å². The summed E-state index contributed by atoms with van der Waals surface area (Å²) in [6, 6.07) is 14.3. The van der Waals surface area contributed by atoms with Gasteiger partial charge in [-0.25, -0.2) is 0 Å². The Morgan fingerprint density at radius 3 is 2.61 bits per heavy atom. The summed E-state index contributed by atoms with van der Waals surface area (Å²) in [5, 5.41) is 12.1. The summed E-state index contributed by atoms with van der Waals surface area (Å²) in [4.78, 5) is 2.37. The lowest BCUT2D eigenvalue weighted by atomic mass is 9.49. The van der Waals surface area contributed by atoms with Gasteiger partial charge in [-0.15, -0.1) is 0 Å². The van der Waals surface area contributed by atoms with Crippen LogP contribution >= 0.6 is 0 Å². The summed E-state index contributed by atoms with van der Waals surface area (Å²) in [5.74, 6) is 2.36. The molecule has 1 N–H and O–H groups in total. The van der Waals surface area contributed by atoms with E-state index in [1.807, 2.05) is 36.4 Å². The van der Waals surface area contributed by atoms with Crippen LogP contribution in [-0.2, 0) is 11.8 Å². The molecule has 28 heavy (non-hydrogen) atoms. The molecule has 4 heteroatoms. The summed E-state index contributed by atoms with van der Waals surface area (Å²) in [5.41, 5.74) is 1.54. The third-order valence-electron chi connectivity index (χ3n) is 7.50. The van der Waals surface area contributed by atoms with E-state index in [9.17, 15) is 5.11 Å². The monoisotopic (exact) mass is 379 g/mol. The molecule has 1 aliphatic heterocycles. The summed E-state index contributed by atoms with van der Waals surface area (Å²) in [7, 11) is 3.86. The molecule has 1 saturated carbocycles. The highest BCUT2D eigenvalue weighted by Gasteiger charge is 2.63. The Morgan fingerprint density at radius 2 is 1.82 bits per heavy atom. The molecule has 4 nitrogen and oxygen atoms in total. The number of likely N-dealkylation sites (tertiary alicyclic amines) is 1. The molecule has 0 aromatic heterocycles. The first-order valence-corrected chi connectivity index (χ1v) is 10.4. The molecule has 0 radical (unpaired) electrons. The predicted molar refractivity (Wildman–Crippen MR) is 109 cm³/mol. The summed E-state index contributed by atoms with van der Waals surface area (Å²) in [6.45, 7) is 1.01. The van der Waals surface area contributed by atoms with Crippen LogP contribution in [0.25, 0.3) is 0 Å². The molecule has 3 aliphatic rings. The molecular formula is C24H29NO3. The number of hydrogen-bond donors (Lipinski definition) is 1. The van der Waals surface area contributed by atoms with Crippen molar-refractivity contribution < 1.29 is 14.6 Å². The second kappa shape index (κ2) is 6.50. The van der Waals surface area contributed by atoms with Crippen molar-refractivity contribution in [2.75, 3.05) is 20.7 Å². The maximum Gasteiger partial charge on any atom is 0.173 e. The first kappa shape index (κ1) is 18.0. The van der Waals surface area contributed by atoms with E-state index < -0.39 is 5.60 Å². The Bertz CT molecular complexity index is 883. The van der Waals surface area contributed by atoms with Gasteiger partial charge in [0.1, 0.15) is 5.75 Å². The van der Waals surface area contributed by atoms with Crippen LogP contribution in [0.2, 0.25) is 0 Å². The lowest BCUT2D eigenvalue weighted by Crippen LogP contribution is -2.71. The highest BCUT2D eigenvalue weighted by atomic mass is 16.5. The van der Waals surface area contributed by atoms with Crippen LogP contribution < -0.4 is 9.47 Å². The number of hydrogen-bond acceptors (Lipinski definition) is 4. The van der Waals surface area contributed by atoms with Crippen molar-refractivity contribution in [1.29, 1.82) is 0 Å². The Kier molecular flexibility index (Phi) is 4.18. The standard InChI is InChI=1S/C24H29NO3/c1-25-15-14-23-12-6-7-13-24(23,26)20(25)16-17-10-11-19(27-2)22(21(17)23)28-18-8-4-3-5-9-18/h3-5,8-11,20,26H,6-7,12-16H2,1-2H3/t20?,23-,24+/m0/s1. The van der Waals surface area contributed by atoms with Gasteiger partial charge in [-0.1, -0.05) is 37.1 Å². The minimum atomic E-state index is -0.702. The average Bonchev–Trinajstić information content (AvgIpc) is 2.71. The maximum absolute atomic E-state index is 12.1. The molecule has 5 rings (SSSR count). The molecular weight excluding hydrogens is 350 g/mol. The van der Waals surface area contributed by atoms with Gasteiger partial charge in [0.15, 0.2) is 11.5 Å². The Morgan fingerprint density at radius 1 is 1.04 bits per heavy atom. The third-order valence-corrected chi connectivity index (χ3v) is 7.50. The number of rotatable bonds is 3. The molecule has 1 unspecified atom stereocenters. The van der Waals surface area contributed by atoms with Crippen molar-refractivity contribution in [3.8, 4) is 17.2 Å². The highest BCUT2D eigenvalue weighted by molar-refractivity contribution is 5.60. The topological polar surface area (TPSA) is 41.9 Å². The number of para-hydroxylation sites is 1. The molecule has 2 fully saturated rings. The number of methoxy groups -OCH3 is 1. The fraction of sp³-hybridized carbons (Fsp3) is 0.500. The van der Waals surface area contributed by atoms with Crippen LogP contribution in [0.3, 0.4) is 0 Å². The number of piperidine rings is 1. The van der Waals surface area contributed by atoms with E-state index in [0.717, 1.165) is 62.3 Å². The number of aliphatic hydroxyl groups is 1. The van der Waals surface area contributed by atoms with Gasteiger partial charge in [0.25, 0.3) is 0 Å². The number of fused-ring (bicyclic) bond motifs is 1. The van der Waals surface area contributed by atoms with Crippen LogP contribution in [0.4, 0.5) is 0 Å². The van der Waals surface area contributed by atoms with E-state index >= 15 is 0 Å². The predicted octanol–water partition coefficient (Wildman–Crippen LogP) is 4.29. The fourth-order valence-corrected chi connectivity index (χ4v) is 6.16. The van der Waals surface area contributed by atoms with Crippen molar-refractivity contribution in [3.05, 3.63) is 53.6 Å². The van der Waals surface area contributed by atoms with E-state index in [0.29, 0.717) is 0 Å². The van der Waals surface area contributed by atoms with E-state index in [1.54, 1.807) is 7.11 Å². The van der Waals surface area contributed by atoms with Gasteiger partial charge in [-0.2, -0.15) is 0 Å². The molecule has 2 aliphatic carbocycles. The number of likely N-dealkylation sites (N-methyl/N-ethyl adjacent to an activating group) is 1. The zero-order valence-electron chi connectivity index (χ0n) is 16.8. The van der Waals surface area contributed by atoms with Crippen LogP contribution in [0.15, 0.2) is 42.5 Å². The van der Waals surface area contributed by atoms with E-state index in [1.165, 1.54) is 11.1 Å². The smallest absolute Gasteiger partial charge is 0.173 e. The van der Waals surface area contributed by atoms with E-state index in [2.05, 4.69) is 18.0 Å². The molecule has 1 heterocycles. The fourth-order valence-electron chi connectivity index (χ4n) is 6.16. The second-order valence-electron chi connectivity index (χ2n) is 8.71. The van der Waals surface area contributed by atoms with E-state index in [4.69, 9.17) is 9.47 Å². The zero-order chi connectivity index (χ0) is 19.4. The first-order valence-electron chi connectivity index (χ1n) is 10.4. The summed E-state index contributed by atoms with van der Waals surface area (Å²) in [6.07, 6.45) is 5.95. The molecule has 2 aromatic carbocycles. The van der Waals surface area contributed by atoms with Gasteiger partial charge >= 0.3 is 0 Å². The summed E-state index contributed by atoms with van der Waals surface area (Å²) < 4.78 is 12.2. The van der Waals surface area contributed by atoms with Crippen LogP contribution in [0.1, 0.15) is 43.2 Å². The minimum absolute atomic E-state index is 0.173. The third kappa shape index (κ3) is 2.37. The van der Waals surface area contributed by atoms with Gasteiger partial charge < -0.3 is 19.5 Å². The van der Waals surface area contributed by atoms with Gasteiger partial charge in [0.2, 0.25) is 0 Å². The van der Waals surface area contributed by atoms with Gasteiger partial charge in [-0.05, 0) is 63.0 Å². The lowest BCUT2D eigenvalue weighted by Gasteiger charge is -2.63. The van der Waals surface area contributed by atoms with Crippen molar-refractivity contribution in [2.24, 2.45) is 0 Å². The van der Waals surface area contributed by atoms with Gasteiger partial charge in [-0.3, -0.25) is 0 Å². The maximum atomic E-state index is 12.1. The highest BCUT2D eigenvalue weighted by Crippen LogP contribution is 2.61. The van der Waals surface area contributed by atoms with Gasteiger partial charge in [0, 0.05) is 17.0 Å². The molecule has 3 atom stereocenters. The van der Waals surface area contributed by atoms with Crippen LogP contribution in [-0.4, -0.2) is 42.4 Å². The van der Waals surface area contributed by atoms with Crippen molar-refractivity contribution in [2.45, 2.75) is 55.6 Å². The number of nitrogens with zero attached hydrogens (tertiary/aromatic N) is 1. The average molecular weight is 380 g/mol. The molecule has 0 spiro atoms. The second-order valence-corrected chi connectivity index (χ2v) is 8.71. The van der Waals surface area contributed by atoms with Crippen molar-refractivity contribution in [3.63, 3.8) is 0 Å². The molecule has 2 bridgehead atoms. The molecule has 2 aromatic rings. The summed E-state index contributed by atoms with van der Waals surface area (Å²) >= 11 is 0. The molecule has 1 saturated heterocycles. The van der Waals surface area contributed by atoms with Crippen LogP contribution in [0, 0.1) is 0 Å². The Balaban J connectivity index is 1.74. The van der Waals surface area contributed by atoms with Crippen molar-refractivity contribution >= 4 is 0 Å². The first-order chi connectivity index (χ1) is 13.6. The quantitative estimate of drug-likeness (QED) is 0.864. The van der Waals surface area contributed by atoms with Crippen LogP contribution in [0.5, 0.6) is 17.2 Å². The normalized spacial score (nSPS) is 31.6. The largest absolute Gasteiger partial charge is 0.493 e. The van der Waals surface area contributed by atoms with Gasteiger partial charge in [0.05, 0.1) is 12.7 Å². The Labute approximate surface area is 167 Å². The Hall–Kier alpha value is -2.04. The number of benzene rings is 2.